The summed E-state index contributed by atoms with van der Waals surface area (Å²) in [5, 5.41) is 9.28. The van der Waals surface area contributed by atoms with E-state index >= 15 is 0 Å². The van der Waals surface area contributed by atoms with Crippen molar-refractivity contribution >= 4 is 12.4 Å². The Labute approximate surface area is 96.6 Å². The van der Waals surface area contributed by atoms with Gasteiger partial charge in [-0.05, 0) is 33.6 Å². The molecule has 0 aromatic heterocycles. The number of hydrogen-bond acceptors (Lipinski definition) is 2. The highest BCUT2D eigenvalue weighted by Gasteiger charge is 2.38. The summed E-state index contributed by atoms with van der Waals surface area (Å²) < 4.78 is 0. The number of carbonyl (C=O) groups is 2. The normalized spacial score (nSPS) is 26.2. The maximum Gasteiger partial charge on any atom is 0.408 e. The SMILES string of the molecule is CC(C)(C)N(C(=O)O)C1CCCCC1C=O. The highest BCUT2D eigenvalue weighted by molar-refractivity contribution is 5.68. The Kier molecular flexibility index (Phi) is 3.94. The van der Waals surface area contributed by atoms with Gasteiger partial charge < -0.3 is 9.90 Å². The fourth-order valence-corrected chi connectivity index (χ4v) is 2.55. The molecule has 1 N–H and O–H groups in total. The van der Waals surface area contributed by atoms with Crippen LogP contribution in [0.2, 0.25) is 0 Å². The molecule has 1 rings (SSSR count). The lowest BCUT2D eigenvalue weighted by atomic mass is 9.83. The molecule has 1 aliphatic carbocycles. The predicted molar refractivity (Wildman–Crippen MR) is 61.4 cm³/mol. The van der Waals surface area contributed by atoms with Crippen molar-refractivity contribution in [3.05, 3.63) is 0 Å². The van der Waals surface area contributed by atoms with Crippen LogP contribution in [-0.4, -0.2) is 34.0 Å². The molecule has 1 aliphatic rings. The number of carboxylic acid groups (broad SMARTS) is 1. The number of aldehydes is 1. The van der Waals surface area contributed by atoms with Crippen molar-refractivity contribution in [3.8, 4) is 0 Å². The van der Waals surface area contributed by atoms with E-state index in [0.717, 1.165) is 32.0 Å². The topological polar surface area (TPSA) is 57.6 Å². The first-order valence-corrected chi connectivity index (χ1v) is 5.85. The second kappa shape index (κ2) is 4.85. The first-order chi connectivity index (χ1) is 7.38. The van der Waals surface area contributed by atoms with E-state index in [0.29, 0.717) is 0 Å². The predicted octanol–water partition coefficient (Wildman–Crippen LogP) is 2.52. The Hall–Kier alpha value is -1.06. The highest BCUT2D eigenvalue weighted by atomic mass is 16.4. The average molecular weight is 227 g/mol. The molecule has 0 radical (unpaired) electrons. The van der Waals surface area contributed by atoms with Crippen molar-refractivity contribution in [3.63, 3.8) is 0 Å². The second-order valence-electron chi connectivity index (χ2n) is 5.48. The van der Waals surface area contributed by atoms with E-state index in [4.69, 9.17) is 0 Å². The summed E-state index contributed by atoms with van der Waals surface area (Å²) in [4.78, 5) is 23.8. The highest BCUT2D eigenvalue weighted by Crippen LogP contribution is 2.31. The molecule has 16 heavy (non-hydrogen) atoms. The van der Waals surface area contributed by atoms with Crippen LogP contribution in [0.3, 0.4) is 0 Å². The van der Waals surface area contributed by atoms with Crippen LogP contribution in [0, 0.1) is 5.92 Å². The molecule has 0 bridgehead atoms. The summed E-state index contributed by atoms with van der Waals surface area (Å²) in [5.41, 5.74) is -0.449. The number of hydrogen-bond donors (Lipinski definition) is 1. The molecule has 0 spiro atoms. The Morgan fingerprint density at radius 1 is 1.31 bits per heavy atom. The Morgan fingerprint density at radius 2 is 1.88 bits per heavy atom. The summed E-state index contributed by atoms with van der Waals surface area (Å²) in [6, 6.07) is -0.149. The maximum atomic E-state index is 11.3. The van der Waals surface area contributed by atoms with Crippen LogP contribution in [0.5, 0.6) is 0 Å². The summed E-state index contributed by atoms with van der Waals surface area (Å²) >= 11 is 0. The third-order valence-corrected chi connectivity index (χ3v) is 3.22. The number of nitrogens with zero attached hydrogens (tertiary/aromatic N) is 1. The molecule has 0 aliphatic heterocycles. The van der Waals surface area contributed by atoms with E-state index in [-0.39, 0.29) is 12.0 Å². The molecule has 4 heteroatoms. The molecule has 1 saturated carbocycles. The minimum absolute atomic E-state index is 0.135. The minimum atomic E-state index is -0.925. The monoisotopic (exact) mass is 227 g/mol. The second-order valence-corrected chi connectivity index (χ2v) is 5.48. The van der Waals surface area contributed by atoms with Crippen LogP contribution in [0.15, 0.2) is 0 Å². The molecular weight excluding hydrogens is 206 g/mol. The zero-order valence-corrected chi connectivity index (χ0v) is 10.3. The van der Waals surface area contributed by atoms with Crippen LogP contribution in [-0.2, 0) is 4.79 Å². The van der Waals surface area contributed by atoms with Gasteiger partial charge in [0.05, 0.1) is 0 Å². The molecule has 2 atom stereocenters. The van der Waals surface area contributed by atoms with Crippen molar-refractivity contribution in [1.82, 2.24) is 4.90 Å². The molecule has 1 amide bonds. The molecule has 0 aromatic carbocycles. The molecule has 0 heterocycles. The zero-order valence-electron chi connectivity index (χ0n) is 10.3. The van der Waals surface area contributed by atoms with Crippen LogP contribution >= 0.6 is 0 Å². The molecule has 0 saturated heterocycles. The van der Waals surface area contributed by atoms with Crippen LogP contribution in [0.1, 0.15) is 46.5 Å². The number of carbonyl (C=O) groups excluding carboxylic acids is 1. The van der Waals surface area contributed by atoms with Crippen molar-refractivity contribution in [2.45, 2.75) is 58.0 Å². The van der Waals surface area contributed by atoms with Gasteiger partial charge >= 0.3 is 6.09 Å². The van der Waals surface area contributed by atoms with Gasteiger partial charge in [-0.25, -0.2) is 4.79 Å². The lowest BCUT2D eigenvalue weighted by molar-refractivity contribution is -0.114. The first-order valence-electron chi connectivity index (χ1n) is 5.85. The first kappa shape index (κ1) is 13.0. The third-order valence-electron chi connectivity index (χ3n) is 3.22. The molecule has 1 fully saturated rings. The van der Waals surface area contributed by atoms with E-state index in [1.807, 2.05) is 20.8 Å². The molecule has 2 unspecified atom stereocenters. The van der Waals surface area contributed by atoms with E-state index < -0.39 is 11.6 Å². The van der Waals surface area contributed by atoms with E-state index in [2.05, 4.69) is 0 Å². The lowest BCUT2D eigenvalue weighted by Gasteiger charge is -2.43. The number of rotatable bonds is 2. The van der Waals surface area contributed by atoms with Crippen LogP contribution in [0.4, 0.5) is 4.79 Å². The quantitative estimate of drug-likeness (QED) is 0.737. The van der Waals surface area contributed by atoms with E-state index in [1.54, 1.807) is 0 Å². The Morgan fingerprint density at radius 3 is 2.31 bits per heavy atom. The minimum Gasteiger partial charge on any atom is -0.465 e. The molecular formula is C12H21NO3. The van der Waals surface area contributed by atoms with E-state index in [9.17, 15) is 14.7 Å². The largest absolute Gasteiger partial charge is 0.465 e. The van der Waals surface area contributed by atoms with Gasteiger partial charge in [0, 0.05) is 17.5 Å². The summed E-state index contributed by atoms with van der Waals surface area (Å²) in [7, 11) is 0. The molecule has 0 aromatic rings. The van der Waals surface area contributed by atoms with Crippen molar-refractivity contribution in [2.24, 2.45) is 5.92 Å². The molecule has 4 nitrogen and oxygen atoms in total. The summed E-state index contributed by atoms with van der Waals surface area (Å²) in [6.07, 6.45) is 3.64. The molecule has 92 valence electrons. The van der Waals surface area contributed by atoms with Gasteiger partial charge in [-0.1, -0.05) is 12.8 Å². The summed E-state index contributed by atoms with van der Waals surface area (Å²) in [6.45, 7) is 5.62. The maximum absolute atomic E-state index is 11.3. The fourth-order valence-electron chi connectivity index (χ4n) is 2.55. The van der Waals surface area contributed by atoms with Crippen molar-refractivity contribution < 1.29 is 14.7 Å². The number of amides is 1. The van der Waals surface area contributed by atoms with Crippen LogP contribution < -0.4 is 0 Å². The fraction of sp³-hybridized carbons (Fsp3) is 0.833. The summed E-state index contributed by atoms with van der Waals surface area (Å²) in [5.74, 6) is -0.135. The Bertz CT molecular complexity index is 270. The van der Waals surface area contributed by atoms with Gasteiger partial charge in [-0.2, -0.15) is 0 Å². The smallest absolute Gasteiger partial charge is 0.408 e. The van der Waals surface area contributed by atoms with Gasteiger partial charge in [0.2, 0.25) is 0 Å². The average Bonchev–Trinajstić information content (AvgIpc) is 2.15. The standard InChI is InChI=1S/C12H21NO3/c1-12(2,3)13(11(15)16)10-7-5-4-6-9(10)8-14/h8-10H,4-7H2,1-3H3,(H,15,16). The van der Waals surface area contributed by atoms with E-state index in [1.165, 1.54) is 4.90 Å². The van der Waals surface area contributed by atoms with Gasteiger partial charge in [0.25, 0.3) is 0 Å². The van der Waals surface area contributed by atoms with Crippen LogP contribution in [0.25, 0.3) is 0 Å². The van der Waals surface area contributed by atoms with Gasteiger partial charge in [-0.15, -0.1) is 0 Å². The Balaban J connectivity index is 2.92. The van der Waals surface area contributed by atoms with Gasteiger partial charge in [0.15, 0.2) is 0 Å². The lowest BCUT2D eigenvalue weighted by Crippen LogP contribution is -2.54. The van der Waals surface area contributed by atoms with Gasteiger partial charge in [-0.3, -0.25) is 4.90 Å². The zero-order chi connectivity index (χ0) is 12.3. The third kappa shape index (κ3) is 2.74. The van der Waals surface area contributed by atoms with Gasteiger partial charge in [0.1, 0.15) is 6.29 Å². The van der Waals surface area contributed by atoms with Crippen molar-refractivity contribution in [1.29, 1.82) is 0 Å². The van der Waals surface area contributed by atoms with Crippen molar-refractivity contribution in [2.75, 3.05) is 0 Å².